The van der Waals surface area contributed by atoms with E-state index in [-0.39, 0.29) is 23.5 Å². The summed E-state index contributed by atoms with van der Waals surface area (Å²) in [6, 6.07) is 9.68. The molecule has 5 nitrogen and oxygen atoms in total. The van der Waals surface area contributed by atoms with Gasteiger partial charge in [-0.25, -0.2) is 4.39 Å². The lowest BCUT2D eigenvalue weighted by atomic mass is 9.81. The van der Waals surface area contributed by atoms with Gasteiger partial charge in [0.1, 0.15) is 5.82 Å². The minimum atomic E-state index is -0.284. The summed E-state index contributed by atoms with van der Waals surface area (Å²) in [5.74, 6) is 0.279. The fraction of sp³-hybridized carbons (Fsp3) is 0.409. The molecule has 28 heavy (non-hydrogen) atoms. The topological polar surface area (TPSA) is 62.3 Å². The van der Waals surface area contributed by atoms with Crippen LogP contribution >= 0.6 is 0 Å². The van der Waals surface area contributed by atoms with Gasteiger partial charge in [-0.2, -0.15) is 0 Å². The van der Waals surface area contributed by atoms with Crippen LogP contribution in [0.2, 0.25) is 0 Å². The highest BCUT2D eigenvalue weighted by Crippen LogP contribution is 2.29. The fourth-order valence-electron chi connectivity index (χ4n) is 3.78. The van der Waals surface area contributed by atoms with Crippen LogP contribution in [0.3, 0.4) is 0 Å². The minimum absolute atomic E-state index is 0.000175. The zero-order chi connectivity index (χ0) is 19.9. The SMILES string of the molecule is CC[C@H]1CN(C(=O)c2cccnc2)CC[C@H]1CC(=O)NCc1ccc(F)cc1. The molecule has 3 rings (SSSR count). The lowest BCUT2D eigenvalue weighted by molar-refractivity contribution is -0.123. The van der Waals surface area contributed by atoms with Gasteiger partial charge in [-0.1, -0.05) is 25.5 Å². The lowest BCUT2D eigenvalue weighted by Crippen LogP contribution is -2.44. The molecule has 6 heteroatoms. The van der Waals surface area contributed by atoms with Crippen LogP contribution in [0.25, 0.3) is 0 Å². The lowest BCUT2D eigenvalue weighted by Gasteiger charge is -2.38. The van der Waals surface area contributed by atoms with E-state index in [9.17, 15) is 14.0 Å². The van der Waals surface area contributed by atoms with E-state index >= 15 is 0 Å². The second kappa shape index (κ2) is 9.44. The van der Waals surface area contributed by atoms with Gasteiger partial charge in [-0.05, 0) is 48.1 Å². The first-order chi connectivity index (χ1) is 13.6. The van der Waals surface area contributed by atoms with E-state index in [1.54, 1.807) is 36.7 Å². The van der Waals surface area contributed by atoms with Crippen LogP contribution in [-0.4, -0.2) is 34.8 Å². The Labute approximate surface area is 165 Å². The Morgan fingerprint density at radius 3 is 2.68 bits per heavy atom. The van der Waals surface area contributed by atoms with Crippen molar-refractivity contribution in [2.45, 2.75) is 32.7 Å². The molecule has 2 heterocycles. The summed E-state index contributed by atoms with van der Waals surface area (Å²) in [5.41, 5.74) is 1.48. The average Bonchev–Trinajstić information content (AvgIpc) is 2.73. The van der Waals surface area contributed by atoms with Crippen LogP contribution in [0, 0.1) is 17.7 Å². The smallest absolute Gasteiger partial charge is 0.255 e. The molecule has 1 aromatic heterocycles. The number of piperidine rings is 1. The van der Waals surface area contributed by atoms with E-state index in [0.717, 1.165) is 18.4 Å². The molecule has 0 bridgehead atoms. The minimum Gasteiger partial charge on any atom is -0.352 e. The van der Waals surface area contributed by atoms with Crippen molar-refractivity contribution < 1.29 is 14.0 Å². The van der Waals surface area contributed by atoms with Gasteiger partial charge in [0.15, 0.2) is 0 Å². The maximum atomic E-state index is 13.0. The van der Waals surface area contributed by atoms with Gasteiger partial charge in [0, 0.05) is 38.4 Å². The first-order valence-corrected chi connectivity index (χ1v) is 9.77. The van der Waals surface area contributed by atoms with E-state index in [1.165, 1.54) is 12.1 Å². The molecule has 2 aromatic rings. The molecule has 0 unspecified atom stereocenters. The fourth-order valence-corrected chi connectivity index (χ4v) is 3.78. The Bertz CT molecular complexity index is 795. The number of carbonyl (C=O) groups excluding carboxylic acids is 2. The summed E-state index contributed by atoms with van der Waals surface area (Å²) in [4.78, 5) is 30.9. The molecule has 0 radical (unpaired) electrons. The average molecular weight is 383 g/mol. The Hall–Kier alpha value is -2.76. The predicted molar refractivity (Wildman–Crippen MR) is 105 cm³/mol. The van der Waals surface area contributed by atoms with Gasteiger partial charge < -0.3 is 10.2 Å². The number of nitrogens with zero attached hydrogens (tertiary/aromatic N) is 2. The number of benzene rings is 1. The number of aromatic nitrogens is 1. The van der Waals surface area contributed by atoms with Crippen molar-refractivity contribution in [1.82, 2.24) is 15.2 Å². The number of halogens is 1. The molecule has 2 atom stereocenters. The molecule has 0 spiro atoms. The maximum Gasteiger partial charge on any atom is 0.255 e. The first-order valence-electron chi connectivity index (χ1n) is 9.77. The summed E-state index contributed by atoms with van der Waals surface area (Å²) in [6.07, 6.45) is 5.44. The second-order valence-corrected chi connectivity index (χ2v) is 7.32. The van der Waals surface area contributed by atoms with Crippen molar-refractivity contribution in [1.29, 1.82) is 0 Å². The number of rotatable bonds is 6. The standard InChI is InChI=1S/C22H26FN3O2/c1-2-17-15-26(22(28)19-4-3-10-24-14-19)11-9-18(17)12-21(27)25-13-16-5-7-20(23)8-6-16/h3-8,10,14,17-18H,2,9,11-13,15H2,1H3,(H,25,27)/t17-,18-/m0/s1. The maximum absolute atomic E-state index is 13.0. The summed E-state index contributed by atoms with van der Waals surface area (Å²) in [7, 11) is 0. The highest BCUT2D eigenvalue weighted by molar-refractivity contribution is 5.94. The van der Waals surface area contributed by atoms with Crippen LogP contribution < -0.4 is 5.32 Å². The molecule has 0 saturated carbocycles. The van der Waals surface area contributed by atoms with Gasteiger partial charge in [-0.15, -0.1) is 0 Å². The normalized spacial score (nSPS) is 19.3. The van der Waals surface area contributed by atoms with Crippen LogP contribution in [-0.2, 0) is 11.3 Å². The van der Waals surface area contributed by atoms with Crippen molar-refractivity contribution in [2.24, 2.45) is 11.8 Å². The summed E-state index contributed by atoms with van der Waals surface area (Å²) in [6.45, 7) is 3.82. The number of pyridine rings is 1. The van der Waals surface area contributed by atoms with Crippen molar-refractivity contribution in [3.63, 3.8) is 0 Å². The molecule has 1 saturated heterocycles. The molecule has 0 aliphatic carbocycles. The van der Waals surface area contributed by atoms with E-state index in [0.29, 0.717) is 37.5 Å². The van der Waals surface area contributed by atoms with Crippen molar-refractivity contribution in [2.75, 3.05) is 13.1 Å². The van der Waals surface area contributed by atoms with E-state index < -0.39 is 0 Å². The number of hydrogen-bond donors (Lipinski definition) is 1. The van der Waals surface area contributed by atoms with E-state index in [2.05, 4.69) is 17.2 Å². The van der Waals surface area contributed by atoms with Crippen molar-refractivity contribution in [3.8, 4) is 0 Å². The summed E-state index contributed by atoms with van der Waals surface area (Å²) in [5, 5.41) is 2.92. The zero-order valence-electron chi connectivity index (χ0n) is 16.1. The molecule has 1 N–H and O–H groups in total. The molecule has 1 fully saturated rings. The predicted octanol–water partition coefficient (Wildman–Crippen LogP) is 3.42. The van der Waals surface area contributed by atoms with Crippen molar-refractivity contribution >= 4 is 11.8 Å². The van der Waals surface area contributed by atoms with Crippen LogP contribution in [0.5, 0.6) is 0 Å². The van der Waals surface area contributed by atoms with E-state index in [1.807, 2.05) is 4.90 Å². The Balaban J connectivity index is 1.51. The Morgan fingerprint density at radius 2 is 2.00 bits per heavy atom. The number of amides is 2. The number of nitrogens with one attached hydrogen (secondary N) is 1. The van der Waals surface area contributed by atoms with Gasteiger partial charge in [0.05, 0.1) is 5.56 Å². The molecular formula is C22H26FN3O2. The van der Waals surface area contributed by atoms with Gasteiger partial charge in [-0.3, -0.25) is 14.6 Å². The Morgan fingerprint density at radius 1 is 1.21 bits per heavy atom. The molecule has 1 aliphatic rings. The van der Waals surface area contributed by atoms with Gasteiger partial charge in [0.2, 0.25) is 5.91 Å². The summed E-state index contributed by atoms with van der Waals surface area (Å²) < 4.78 is 13.0. The third-order valence-corrected chi connectivity index (χ3v) is 5.46. The van der Waals surface area contributed by atoms with Crippen LogP contribution in [0.15, 0.2) is 48.8 Å². The highest BCUT2D eigenvalue weighted by Gasteiger charge is 2.32. The molecule has 2 amide bonds. The van der Waals surface area contributed by atoms with Gasteiger partial charge in [0.25, 0.3) is 5.91 Å². The molecular weight excluding hydrogens is 357 g/mol. The van der Waals surface area contributed by atoms with Crippen molar-refractivity contribution in [3.05, 3.63) is 65.7 Å². The number of carbonyl (C=O) groups is 2. The molecule has 148 valence electrons. The third kappa shape index (κ3) is 5.15. The molecule has 1 aromatic carbocycles. The van der Waals surface area contributed by atoms with Crippen LogP contribution in [0.4, 0.5) is 4.39 Å². The largest absolute Gasteiger partial charge is 0.352 e. The number of likely N-dealkylation sites (tertiary alicyclic amines) is 1. The van der Waals surface area contributed by atoms with Crippen LogP contribution in [0.1, 0.15) is 42.1 Å². The third-order valence-electron chi connectivity index (χ3n) is 5.46. The van der Waals surface area contributed by atoms with E-state index in [4.69, 9.17) is 0 Å². The van der Waals surface area contributed by atoms with Gasteiger partial charge >= 0.3 is 0 Å². The quantitative estimate of drug-likeness (QED) is 0.831. The molecule has 1 aliphatic heterocycles. The monoisotopic (exact) mass is 383 g/mol. The zero-order valence-corrected chi connectivity index (χ0v) is 16.1. The Kier molecular flexibility index (Phi) is 6.74. The second-order valence-electron chi connectivity index (χ2n) is 7.32. The highest BCUT2D eigenvalue weighted by atomic mass is 19.1. The number of hydrogen-bond acceptors (Lipinski definition) is 3. The summed E-state index contributed by atoms with van der Waals surface area (Å²) >= 11 is 0. The first kappa shape index (κ1) is 20.0.